The fourth-order valence-electron chi connectivity index (χ4n) is 1.95. The van der Waals surface area contributed by atoms with Crippen LogP contribution in [0.2, 0.25) is 0 Å². The molecule has 7 nitrogen and oxygen atoms in total. The number of aliphatic hydroxyl groups is 1. The summed E-state index contributed by atoms with van der Waals surface area (Å²) < 4.78 is 31.7. The molecule has 0 spiro atoms. The van der Waals surface area contributed by atoms with E-state index in [1.807, 2.05) is 0 Å². The van der Waals surface area contributed by atoms with E-state index >= 15 is 0 Å². The quantitative estimate of drug-likeness (QED) is 0.605. The lowest BCUT2D eigenvalue weighted by atomic mass is 10.1. The van der Waals surface area contributed by atoms with E-state index in [1.54, 1.807) is 25.9 Å². The van der Waals surface area contributed by atoms with E-state index in [2.05, 4.69) is 4.72 Å². The molecule has 120 valence electrons. The molecule has 8 heteroatoms. The van der Waals surface area contributed by atoms with Crippen LogP contribution >= 0.6 is 0 Å². The number of methoxy groups -OCH3 is 1. The van der Waals surface area contributed by atoms with Crippen molar-refractivity contribution in [2.24, 2.45) is 0 Å². The van der Waals surface area contributed by atoms with Gasteiger partial charge in [0.15, 0.2) is 0 Å². The van der Waals surface area contributed by atoms with Crippen LogP contribution in [-0.2, 0) is 10.0 Å². The average molecular weight is 317 g/mol. The highest BCUT2D eigenvalue weighted by Gasteiger charge is 2.25. The van der Waals surface area contributed by atoms with Gasteiger partial charge in [-0.05, 0) is 39.2 Å². The summed E-state index contributed by atoms with van der Waals surface area (Å²) in [4.78, 5) is 1.81. The SMILES string of the molecule is COc1ccc(S(=O)(=O)NCC(C)(O)CN(C)C)cc1N. The third kappa shape index (κ3) is 5.16. The number of anilines is 1. The molecule has 1 unspecified atom stereocenters. The maximum absolute atomic E-state index is 12.2. The second-order valence-corrected chi connectivity index (χ2v) is 7.23. The largest absolute Gasteiger partial charge is 0.495 e. The number of nitrogens with one attached hydrogen (secondary N) is 1. The number of hydrogen-bond donors (Lipinski definition) is 3. The summed E-state index contributed by atoms with van der Waals surface area (Å²) in [5.74, 6) is 0.411. The van der Waals surface area contributed by atoms with Gasteiger partial charge in [0.05, 0.1) is 23.3 Å². The Balaban J connectivity index is 2.85. The minimum Gasteiger partial charge on any atom is -0.495 e. The van der Waals surface area contributed by atoms with E-state index in [4.69, 9.17) is 10.5 Å². The average Bonchev–Trinajstić information content (AvgIpc) is 2.35. The van der Waals surface area contributed by atoms with E-state index in [1.165, 1.54) is 25.3 Å². The summed E-state index contributed by atoms with van der Waals surface area (Å²) in [7, 11) is 1.31. The molecule has 0 bridgehead atoms. The number of hydrogen-bond acceptors (Lipinski definition) is 6. The number of sulfonamides is 1. The highest BCUT2D eigenvalue weighted by atomic mass is 32.2. The van der Waals surface area contributed by atoms with Crippen molar-refractivity contribution in [1.82, 2.24) is 9.62 Å². The Labute approximate surface area is 125 Å². The summed E-state index contributed by atoms with van der Waals surface area (Å²) in [6, 6.07) is 4.21. The summed E-state index contributed by atoms with van der Waals surface area (Å²) >= 11 is 0. The van der Waals surface area contributed by atoms with Crippen LogP contribution in [0.1, 0.15) is 6.92 Å². The predicted molar refractivity (Wildman–Crippen MR) is 81.8 cm³/mol. The van der Waals surface area contributed by atoms with Gasteiger partial charge in [0, 0.05) is 13.1 Å². The second kappa shape index (κ2) is 6.61. The minimum absolute atomic E-state index is 0.0291. The van der Waals surface area contributed by atoms with E-state index in [0.717, 1.165) is 0 Å². The molecule has 0 amide bonds. The molecule has 1 aromatic rings. The van der Waals surface area contributed by atoms with Crippen molar-refractivity contribution in [2.75, 3.05) is 40.0 Å². The van der Waals surface area contributed by atoms with Crippen LogP contribution in [0.3, 0.4) is 0 Å². The fourth-order valence-corrected chi connectivity index (χ4v) is 3.15. The molecule has 1 atom stereocenters. The maximum atomic E-state index is 12.2. The first-order valence-electron chi connectivity index (χ1n) is 6.38. The zero-order valence-corrected chi connectivity index (χ0v) is 13.6. The zero-order chi connectivity index (χ0) is 16.3. The van der Waals surface area contributed by atoms with Gasteiger partial charge in [0.1, 0.15) is 5.75 Å². The second-order valence-electron chi connectivity index (χ2n) is 5.46. The molecule has 1 aromatic carbocycles. The molecule has 0 fully saturated rings. The molecule has 0 aliphatic rings. The highest BCUT2D eigenvalue weighted by Crippen LogP contribution is 2.24. The van der Waals surface area contributed by atoms with Crippen molar-refractivity contribution in [1.29, 1.82) is 0 Å². The lowest BCUT2D eigenvalue weighted by molar-refractivity contribution is 0.0386. The van der Waals surface area contributed by atoms with Crippen molar-refractivity contribution >= 4 is 15.7 Å². The van der Waals surface area contributed by atoms with Gasteiger partial charge < -0.3 is 20.5 Å². The number of rotatable bonds is 7. The molecule has 0 heterocycles. The summed E-state index contributed by atoms with van der Waals surface area (Å²) in [5.41, 5.74) is 4.77. The minimum atomic E-state index is -3.74. The lowest BCUT2D eigenvalue weighted by Crippen LogP contribution is -2.47. The molecular weight excluding hydrogens is 294 g/mol. The number of ether oxygens (including phenoxy) is 1. The topological polar surface area (TPSA) is 105 Å². The molecule has 0 saturated heterocycles. The van der Waals surface area contributed by atoms with Crippen LogP contribution in [0.4, 0.5) is 5.69 Å². The summed E-state index contributed by atoms with van der Waals surface area (Å²) in [6.45, 7) is 1.80. The van der Waals surface area contributed by atoms with Crippen molar-refractivity contribution in [2.45, 2.75) is 17.4 Å². The third-order valence-corrected chi connectivity index (χ3v) is 4.21. The van der Waals surface area contributed by atoms with Crippen molar-refractivity contribution in [3.8, 4) is 5.75 Å². The van der Waals surface area contributed by atoms with Gasteiger partial charge in [-0.2, -0.15) is 0 Å². The Hall–Kier alpha value is -1.35. The first kappa shape index (κ1) is 17.7. The molecule has 0 aliphatic carbocycles. The molecule has 1 rings (SSSR count). The number of benzene rings is 1. The van der Waals surface area contributed by atoms with Gasteiger partial charge in [0.2, 0.25) is 10.0 Å². The van der Waals surface area contributed by atoms with Crippen LogP contribution in [0.15, 0.2) is 23.1 Å². The van der Waals surface area contributed by atoms with Gasteiger partial charge in [0.25, 0.3) is 0 Å². The monoisotopic (exact) mass is 317 g/mol. The number of nitrogens with two attached hydrogens (primary N) is 1. The Morgan fingerprint density at radius 3 is 2.52 bits per heavy atom. The van der Waals surface area contributed by atoms with E-state index in [0.29, 0.717) is 12.3 Å². The molecule has 0 radical (unpaired) electrons. The summed E-state index contributed by atoms with van der Waals surface area (Å²) in [5, 5.41) is 10.1. The molecular formula is C13H23N3O4S. The molecule has 21 heavy (non-hydrogen) atoms. The summed E-state index contributed by atoms with van der Waals surface area (Å²) in [6.07, 6.45) is 0. The van der Waals surface area contributed by atoms with Crippen molar-refractivity contribution in [3.63, 3.8) is 0 Å². The van der Waals surface area contributed by atoms with E-state index in [-0.39, 0.29) is 17.1 Å². The van der Waals surface area contributed by atoms with Crippen molar-refractivity contribution < 1.29 is 18.3 Å². The zero-order valence-electron chi connectivity index (χ0n) is 12.8. The third-order valence-electron chi connectivity index (χ3n) is 2.81. The predicted octanol–water partition coefficient (Wildman–Crippen LogP) is -0.132. The van der Waals surface area contributed by atoms with Crippen LogP contribution in [0.25, 0.3) is 0 Å². The van der Waals surface area contributed by atoms with E-state index in [9.17, 15) is 13.5 Å². The van der Waals surface area contributed by atoms with Crippen LogP contribution in [0, 0.1) is 0 Å². The molecule has 0 aliphatic heterocycles. The normalized spacial score (nSPS) is 15.0. The first-order chi connectivity index (χ1) is 9.57. The Kier molecular flexibility index (Phi) is 5.57. The van der Waals surface area contributed by atoms with Gasteiger partial charge in [-0.1, -0.05) is 0 Å². The van der Waals surface area contributed by atoms with Gasteiger partial charge in [-0.25, -0.2) is 13.1 Å². The number of nitrogens with zero attached hydrogens (tertiary/aromatic N) is 1. The molecule has 0 saturated carbocycles. The van der Waals surface area contributed by atoms with Crippen LogP contribution in [0.5, 0.6) is 5.75 Å². The smallest absolute Gasteiger partial charge is 0.240 e. The fraction of sp³-hybridized carbons (Fsp3) is 0.538. The lowest BCUT2D eigenvalue weighted by Gasteiger charge is -2.27. The van der Waals surface area contributed by atoms with Gasteiger partial charge in [-0.3, -0.25) is 0 Å². The Morgan fingerprint density at radius 2 is 2.05 bits per heavy atom. The van der Waals surface area contributed by atoms with E-state index < -0.39 is 15.6 Å². The van der Waals surface area contributed by atoms with Crippen LogP contribution < -0.4 is 15.2 Å². The molecule has 4 N–H and O–H groups in total. The van der Waals surface area contributed by atoms with Crippen LogP contribution in [-0.4, -0.2) is 58.3 Å². The first-order valence-corrected chi connectivity index (χ1v) is 7.86. The number of nitrogen functional groups attached to an aromatic ring is 1. The Bertz CT molecular complexity index is 585. The van der Waals surface area contributed by atoms with Crippen molar-refractivity contribution in [3.05, 3.63) is 18.2 Å². The highest BCUT2D eigenvalue weighted by molar-refractivity contribution is 7.89. The number of likely N-dealkylation sites (N-methyl/N-ethyl adjacent to an activating group) is 1. The van der Waals surface area contributed by atoms with Gasteiger partial charge >= 0.3 is 0 Å². The standard InChI is InChI=1S/C13H23N3O4S/c1-13(17,9-16(2)3)8-15-21(18,19)10-5-6-12(20-4)11(14)7-10/h5-7,15,17H,8-9,14H2,1-4H3. The Morgan fingerprint density at radius 1 is 1.43 bits per heavy atom. The molecule has 0 aromatic heterocycles. The maximum Gasteiger partial charge on any atom is 0.240 e. The van der Waals surface area contributed by atoms with Gasteiger partial charge in [-0.15, -0.1) is 0 Å².